The third-order valence-electron chi connectivity index (χ3n) is 1.97. The largest absolute Gasteiger partial charge is 1.00 e. The fraction of sp³-hybridized carbons (Fsp3) is 0. The Balaban J connectivity index is 0.00000128. The highest BCUT2D eigenvalue weighted by Gasteiger charge is 1.97. The maximum Gasteiger partial charge on any atom is 0.202 e. The Morgan fingerprint density at radius 3 is 2.38 bits per heavy atom. The summed E-state index contributed by atoms with van der Waals surface area (Å²) in [7, 11) is 0. The zero-order chi connectivity index (χ0) is 10.5. The van der Waals surface area contributed by atoms with E-state index in [9.17, 15) is 5.11 Å². The molecule has 0 aliphatic carbocycles. The highest BCUT2D eigenvalue weighted by Crippen LogP contribution is 2.12. The first-order valence-electron chi connectivity index (χ1n) is 4.65. The summed E-state index contributed by atoms with van der Waals surface area (Å²) in [5.74, 6) is 0.234. The predicted octanol–water partition coefficient (Wildman–Crippen LogP) is -1.43. The van der Waals surface area contributed by atoms with E-state index in [1.54, 1.807) is 23.0 Å². The maximum atomic E-state index is 9.49. The first kappa shape index (κ1) is 12.6. The first-order chi connectivity index (χ1) is 7.36. The molecule has 3 nitrogen and oxygen atoms in total. The Morgan fingerprint density at radius 1 is 1.00 bits per heavy atom. The molecule has 1 N–H and O–H groups in total. The van der Waals surface area contributed by atoms with Crippen molar-refractivity contribution in [3.05, 3.63) is 60.4 Å². The predicted molar refractivity (Wildman–Crippen MR) is 57.7 cm³/mol. The highest BCUT2D eigenvalue weighted by molar-refractivity contribution is 5.82. The summed E-state index contributed by atoms with van der Waals surface area (Å²) in [6, 6.07) is 12.8. The van der Waals surface area contributed by atoms with Crippen LogP contribution in [0.3, 0.4) is 0 Å². The number of para-hydroxylation sites is 1. The van der Waals surface area contributed by atoms with Gasteiger partial charge in [-0.25, -0.2) is 0 Å². The first-order valence-corrected chi connectivity index (χ1v) is 4.65. The minimum absolute atomic E-state index is 0. The molecule has 0 radical (unpaired) electrons. The number of hydrogen-bond donors (Lipinski definition) is 1. The lowest BCUT2D eigenvalue weighted by Gasteiger charge is -1.93. The summed E-state index contributed by atoms with van der Waals surface area (Å²) >= 11 is 0. The molecule has 0 saturated heterocycles. The standard InChI is InChI=1S/C12H10N2O.HI/c15-12-7-3-2-6-11(12)10-13-14-8-4-1-5-9-14;/h1-10H;1H. The molecule has 0 aliphatic rings. The van der Waals surface area contributed by atoms with Gasteiger partial charge in [-0.05, 0) is 17.2 Å². The smallest absolute Gasteiger partial charge is 0.202 e. The van der Waals surface area contributed by atoms with Gasteiger partial charge in [-0.2, -0.15) is 0 Å². The lowest BCUT2D eigenvalue weighted by Crippen LogP contribution is -3.00. The minimum atomic E-state index is 0. The summed E-state index contributed by atoms with van der Waals surface area (Å²) in [5, 5.41) is 13.7. The maximum absolute atomic E-state index is 9.49. The Bertz CT molecular complexity index is 471. The van der Waals surface area contributed by atoms with Gasteiger partial charge in [0.15, 0.2) is 0 Å². The molecule has 0 fully saturated rings. The minimum Gasteiger partial charge on any atom is -1.00 e. The number of phenolic OH excluding ortho intramolecular Hbond substituents is 1. The van der Waals surface area contributed by atoms with Gasteiger partial charge in [0.25, 0.3) is 0 Å². The number of halogens is 1. The number of aromatic nitrogens is 1. The van der Waals surface area contributed by atoms with Crippen molar-refractivity contribution >= 4 is 6.21 Å². The van der Waals surface area contributed by atoms with E-state index in [1.807, 2.05) is 42.7 Å². The molecule has 0 bridgehead atoms. The summed E-state index contributed by atoms with van der Waals surface area (Å²) < 4.78 is 1.67. The lowest BCUT2D eigenvalue weighted by atomic mass is 10.2. The molecule has 2 aromatic rings. The van der Waals surface area contributed by atoms with Crippen molar-refractivity contribution in [2.45, 2.75) is 0 Å². The van der Waals surface area contributed by atoms with Gasteiger partial charge in [0, 0.05) is 17.7 Å². The van der Waals surface area contributed by atoms with Crippen LogP contribution in [0.25, 0.3) is 0 Å². The zero-order valence-corrected chi connectivity index (χ0v) is 10.7. The molecule has 0 saturated carbocycles. The third kappa shape index (κ3) is 3.30. The molecule has 0 unspecified atom stereocenters. The van der Waals surface area contributed by atoms with Crippen molar-refractivity contribution in [1.82, 2.24) is 0 Å². The molecule has 2 rings (SSSR count). The fourth-order valence-electron chi connectivity index (χ4n) is 1.19. The monoisotopic (exact) mass is 326 g/mol. The van der Waals surface area contributed by atoms with E-state index in [2.05, 4.69) is 5.10 Å². The van der Waals surface area contributed by atoms with Gasteiger partial charge in [-0.1, -0.05) is 22.9 Å². The van der Waals surface area contributed by atoms with Crippen molar-refractivity contribution < 1.29 is 33.8 Å². The van der Waals surface area contributed by atoms with E-state index in [0.29, 0.717) is 5.56 Å². The molecular formula is C12H11IN2O. The number of rotatable bonds is 2. The van der Waals surface area contributed by atoms with E-state index in [4.69, 9.17) is 0 Å². The van der Waals surface area contributed by atoms with Gasteiger partial charge >= 0.3 is 0 Å². The van der Waals surface area contributed by atoms with Crippen LogP contribution in [-0.4, -0.2) is 11.3 Å². The average Bonchev–Trinajstić information content (AvgIpc) is 2.29. The van der Waals surface area contributed by atoms with Gasteiger partial charge in [0.1, 0.15) is 12.0 Å². The fourth-order valence-corrected chi connectivity index (χ4v) is 1.19. The van der Waals surface area contributed by atoms with Crippen LogP contribution >= 0.6 is 0 Å². The van der Waals surface area contributed by atoms with Crippen LogP contribution in [0.1, 0.15) is 5.56 Å². The SMILES string of the molecule is Oc1ccccc1C=N[n+]1ccccc1.[I-]. The molecule has 1 aromatic heterocycles. The Labute approximate surface area is 111 Å². The van der Waals surface area contributed by atoms with Crippen LogP contribution in [0.5, 0.6) is 5.75 Å². The molecule has 1 heterocycles. The lowest BCUT2D eigenvalue weighted by molar-refractivity contribution is -0.678. The second-order valence-corrected chi connectivity index (χ2v) is 3.06. The summed E-state index contributed by atoms with van der Waals surface area (Å²) in [5.41, 5.74) is 0.703. The van der Waals surface area contributed by atoms with Gasteiger partial charge in [-0.15, -0.1) is 0 Å². The van der Waals surface area contributed by atoms with Gasteiger partial charge in [-0.3, -0.25) is 0 Å². The Kier molecular flexibility index (Phi) is 4.91. The Hall–Kier alpha value is -1.43. The number of phenols is 1. The third-order valence-corrected chi connectivity index (χ3v) is 1.97. The number of benzene rings is 1. The van der Waals surface area contributed by atoms with E-state index in [1.165, 1.54) is 0 Å². The normalized spacial score (nSPS) is 10.0. The zero-order valence-electron chi connectivity index (χ0n) is 8.49. The van der Waals surface area contributed by atoms with Crippen LogP contribution in [0.4, 0.5) is 0 Å². The van der Waals surface area contributed by atoms with E-state index in [-0.39, 0.29) is 29.7 Å². The Morgan fingerprint density at radius 2 is 1.69 bits per heavy atom. The van der Waals surface area contributed by atoms with Crippen molar-refractivity contribution in [2.75, 3.05) is 0 Å². The molecule has 4 heteroatoms. The number of pyridine rings is 1. The topological polar surface area (TPSA) is 36.5 Å². The number of hydrogen-bond acceptors (Lipinski definition) is 2. The van der Waals surface area contributed by atoms with Crippen LogP contribution in [0.2, 0.25) is 0 Å². The molecule has 1 aromatic carbocycles. The van der Waals surface area contributed by atoms with Crippen molar-refractivity contribution in [1.29, 1.82) is 0 Å². The average molecular weight is 326 g/mol. The molecular weight excluding hydrogens is 315 g/mol. The molecule has 0 atom stereocenters. The molecule has 0 spiro atoms. The molecule has 0 amide bonds. The summed E-state index contributed by atoms with van der Waals surface area (Å²) in [6.45, 7) is 0. The van der Waals surface area contributed by atoms with Crippen molar-refractivity contribution in [3.8, 4) is 5.75 Å². The van der Waals surface area contributed by atoms with Crippen LogP contribution in [-0.2, 0) is 0 Å². The van der Waals surface area contributed by atoms with Gasteiger partial charge in [0.2, 0.25) is 12.4 Å². The van der Waals surface area contributed by atoms with Gasteiger partial charge < -0.3 is 29.1 Å². The van der Waals surface area contributed by atoms with E-state index >= 15 is 0 Å². The quantitative estimate of drug-likeness (QED) is 0.410. The second kappa shape index (κ2) is 6.22. The van der Waals surface area contributed by atoms with Crippen molar-refractivity contribution in [2.24, 2.45) is 5.10 Å². The highest BCUT2D eigenvalue weighted by atomic mass is 127. The van der Waals surface area contributed by atoms with Crippen LogP contribution in [0, 0.1) is 0 Å². The van der Waals surface area contributed by atoms with Crippen LogP contribution in [0.15, 0.2) is 60.0 Å². The molecule has 0 aliphatic heterocycles. The van der Waals surface area contributed by atoms with Gasteiger partial charge in [0.05, 0.1) is 0 Å². The number of nitrogens with zero attached hydrogens (tertiary/aromatic N) is 2. The molecule has 16 heavy (non-hydrogen) atoms. The van der Waals surface area contributed by atoms with E-state index < -0.39 is 0 Å². The summed E-state index contributed by atoms with van der Waals surface area (Å²) in [4.78, 5) is 0. The number of aromatic hydroxyl groups is 1. The molecule has 82 valence electrons. The second-order valence-electron chi connectivity index (χ2n) is 3.06. The van der Waals surface area contributed by atoms with Crippen molar-refractivity contribution in [3.63, 3.8) is 0 Å². The van der Waals surface area contributed by atoms with Crippen LogP contribution < -0.4 is 28.7 Å². The summed E-state index contributed by atoms with van der Waals surface area (Å²) in [6.07, 6.45) is 5.28. The van der Waals surface area contributed by atoms with E-state index in [0.717, 1.165) is 0 Å².